The molecular formula is C15H22N2O3S. The van der Waals surface area contributed by atoms with Crippen LogP contribution < -0.4 is 5.14 Å². The second kappa shape index (κ2) is 5.77. The highest BCUT2D eigenvalue weighted by atomic mass is 32.2. The lowest BCUT2D eigenvalue weighted by molar-refractivity contribution is 0.0626. The van der Waals surface area contributed by atoms with Crippen LogP contribution in [0.2, 0.25) is 0 Å². The van der Waals surface area contributed by atoms with E-state index in [0.717, 1.165) is 19.5 Å². The Morgan fingerprint density at radius 3 is 2.48 bits per heavy atom. The highest BCUT2D eigenvalue weighted by Crippen LogP contribution is 2.25. The van der Waals surface area contributed by atoms with E-state index in [-0.39, 0.29) is 10.8 Å². The maximum absolute atomic E-state index is 12.6. The molecule has 2 unspecified atom stereocenters. The molecule has 0 aliphatic carbocycles. The summed E-state index contributed by atoms with van der Waals surface area (Å²) in [7, 11) is -3.73. The molecular weight excluding hydrogens is 288 g/mol. The Balaban J connectivity index is 2.24. The van der Waals surface area contributed by atoms with Gasteiger partial charge in [0.1, 0.15) is 0 Å². The van der Waals surface area contributed by atoms with Crippen LogP contribution in [0.4, 0.5) is 0 Å². The minimum Gasteiger partial charge on any atom is -0.338 e. The number of amides is 1. The molecule has 2 atom stereocenters. The van der Waals surface area contributed by atoms with Crippen LogP contribution in [0.1, 0.15) is 36.2 Å². The van der Waals surface area contributed by atoms with Gasteiger partial charge >= 0.3 is 0 Å². The van der Waals surface area contributed by atoms with Gasteiger partial charge in [0.25, 0.3) is 5.91 Å². The number of hydrogen-bond donors (Lipinski definition) is 1. The molecule has 1 fully saturated rings. The normalized spacial score (nSPS) is 23.1. The van der Waals surface area contributed by atoms with Gasteiger partial charge < -0.3 is 4.90 Å². The van der Waals surface area contributed by atoms with Gasteiger partial charge in [-0.25, -0.2) is 13.6 Å². The number of carbonyl (C=O) groups is 1. The topological polar surface area (TPSA) is 80.5 Å². The first-order chi connectivity index (χ1) is 9.70. The number of carbonyl (C=O) groups excluding carboxylic acids is 1. The van der Waals surface area contributed by atoms with Crippen molar-refractivity contribution in [1.82, 2.24) is 4.90 Å². The Hall–Kier alpha value is -1.40. The van der Waals surface area contributed by atoms with Crippen molar-refractivity contribution in [2.75, 3.05) is 13.1 Å². The molecule has 1 heterocycles. The molecule has 1 saturated heterocycles. The summed E-state index contributed by atoms with van der Waals surface area (Å²) in [5.41, 5.74) is 1.18. The molecule has 0 radical (unpaired) electrons. The molecule has 1 aliphatic rings. The fourth-order valence-electron chi connectivity index (χ4n) is 2.67. The fraction of sp³-hybridized carbons (Fsp3) is 0.533. The number of rotatable bonds is 2. The second-order valence-electron chi connectivity index (χ2n) is 6.02. The van der Waals surface area contributed by atoms with Crippen molar-refractivity contribution in [1.29, 1.82) is 0 Å². The summed E-state index contributed by atoms with van der Waals surface area (Å²) < 4.78 is 22.7. The molecule has 21 heavy (non-hydrogen) atoms. The molecule has 0 aromatic heterocycles. The minimum absolute atomic E-state index is 0.0350. The van der Waals surface area contributed by atoms with Crippen molar-refractivity contribution in [3.05, 3.63) is 29.3 Å². The van der Waals surface area contributed by atoms with Crippen molar-refractivity contribution in [2.45, 2.75) is 32.1 Å². The van der Waals surface area contributed by atoms with Gasteiger partial charge in [0, 0.05) is 18.7 Å². The van der Waals surface area contributed by atoms with Gasteiger partial charge in [-0.3, -0.25) is 4.79 Å². The van der Waals surface area contributed by atoms with Crippen LogP contribution in [0.15, 0.2) is 23.1 Å². The summed E-state index contributed by atoms with van der Waals surface area (Å²) in [6.07, 6.45) is 1.00. The van der Waals surface area contributed by atoms with Gasteiger partial charge in [0.05, 0.1) is 4.90 Å². The van der Waals surface area contributed by atoms with Gasteiger partial charge in [-0.15, -0.1) is 0 Å². The average molecular weight is 310 g/mol. The first kappa shape index (κ1) is 16.0. The van der Waals surface area contributed by atoms with E-state index < -0.39 is 10.0 Å². The highest BCUT2D eigenvalue weighted by Gasteiger charge is 2.27. The molecule has 2 rings (SSSR count). The number of sulfonamides is 1. The molecule has 0 bridgehead atoms. The third-order valence-corrected chi connectivity index (χ3v) is 5.29. The predicted molar refractivity (Wildman–Crippen MR) is 81.4 cm³/mol. The summed E-state index contributed by atoms with van der Waals surface area (Å²) >= 11 is 0. The summed E-state index contributed by atoms with van der Waals surface area (Å²) in [5, 5.41) is 5.10. The number of nitrogens with two attached hydrogens (primary N) is 1. The Labute approximate surface area is 126 Å². The van der Waals surface area contributed by atoms with Gasteiger partial charge in [-0.1, -0.05) is 13.8 Å². The molecule has 0 spiro atoms. The average Bonchev–Trinajstić information content (AvgIpc) is 2.40. The largest absolute Gasteiger partial charge is 0.338 e. The molecule has 1 amide bonds. The fourth-order valence-corrected chi connectivity index (χ4v) is 3.27. The van der Waals surface area contributed by atoms with E-state index in [1.165, 1.54) is 12.1 Å². The van der Waals surface area contributed by atoms with Gasteiger partial charge in [0.2, 0.25) is 10.0 Å². The zero-order valence-electron chi connectivity index (χ0n) is 12.7. The smallest absolute Gasteiger partial charge is 0.254 e. The standard InChI is InChI=1S/C15H22N2O3S/c1-10-6-7-17(9-12(10)3)15(18)14-5-4-13(8-11(14)2)21(16,19)20/h4-5,8,10,12H,6-7,9H2,1-3H3,(H2,16,19,20). The van der Waals surface area contributed by atoms with Gasteiger partial charge in [-0.05, 0) is 48.9 Å². The van der Waals surface area contributed by atoms with E-state index >= 15 is 0 Å². The quantitative estimate of drug-likeness (QED) is 0.904. The number of nitrogens with zero attached hydrogens (tertiary/aromatic N) is 1. The summed E-state index contributed by atoms with van der Waals surface area (Å²) in [4.78, 5) is 14.5. The minimum atomic E-state index is -3.73. The monoisotopic (exact) mass is 310 g/mol. The predicted octanol–water partition coefficient (Wildman–Crippen LogP) is 1.76. The van der Waals surface area contributed by atoms with Crippen LogP contribution in [0, 0.1) is 18.8 Å². The third kappa shape index (κ3) is 3.44. The molecule has 0 saturated carbocycles. The van der Waals surface area contributed by atoms with E-state index in [2.05, 4.69) is 13.8 Å². The van der Waals surface area contributed by atoms with Gasteiger partial charge in [0.15, 0.2) is 0 Å². The third-order valence-electron chi connectivity index (χ3n) is 4.38. The van der Waals surface area contributed by atoms with Gasteiger partial charge in [-0.2, -0.15) is 0 Å². The molecule has 5 nitrogen and oxygen atoms in total. The molecule has 1 aromatic carbocycles. The van der Waals surface area contributed by atoms with Crippen LogP contribution in [0.25, 0.3) is 0 Å². The summed E-state index contributed by atoms with van der Waals surface area (Å²) in [6.45, 7) is 7.59. The summed E-state index contributed by atoms with van der Waals surface area (Å²) in [5.74, 6) is 1.07. The van der Waals surface area contributed by atoms with Crippen LogP contribution in [-0.2, 0) is 10.0 Å². The maximum Gasteiger partial charge on any atom is 0.254 e. The van der Waals surface area contributed by atoms with Crippen molar-refractivity contribution < 1.29 is 13.2 Å². The molecule has 2 N–H and O–H groups in total. The number of aryl methyl sites for hydroxylation is 1. The van der Waals surface area contributed by atoms with Crippen molar-refractivity contribution >= 4 is 15.9 Å². The lowest BCUT2D eigenvalue weighted by atomic mass is 9.88. The zero-order chi connectivity index (χ0) is 15.8. The van der Waals surface area contributed by atoms with E-state index in [0.29, 0.717) is 23.0 Å². The van der Waals surface area contributed by atoms with Crippen LogP contribution in [0.5, 0.6) is 0 Å². The second-order valence-corrected chi connectivity index (χ2v) is 7.58. The Morgan fingerprint density at radius 2 is 1.95 bits per heavy atom. The van der Waals surface area contributed by atoms with Crippen LogP contribution in [-0.4, -0.2) is 32.3 Å². The Morgan fingerprint density at radius 1 is 1.29 bits per heavy atom. The SMILES string of the molecule is Cc1cc(S(N)(=O)=O)ccc1C(=O)N1CCC(C)C(C)C1. The molecule has 1 aromatic rings. The first-order valence-electron chi connectivity index (χ1n) is 7.13. The maximum atomic E-state index is 12.6. The first-order valence-corrected chi connectivity index (χ1v) is 8.67. The number of benzene rings is 1. The number of piperidine rings is 1. The van der Waals surface area contributed by atoms with Crippen LogP contribution >= 0.6 is 0 Å². The van der Waals surface area contributed by atoms with Crippen molar-refractivity contribution in [3.63, 3.8) is 0 Å². The molecule has 1 aliphatic heterocycles. The number of likely N-dealkylation sites (tertiary alicyclic amines) is 1. The highest BCUT2D eigenvalue weighted by molar-refractivity contribution is 7.89. The van der Waals surface area contributed by atoms with E-state index in [4.69, 9.17) is 5.14 Å². The Bertz CT molecular complexity index is 655. The van der Waals surface area contributed by atoms with Crippen molar-refractivity contribution in [3.8, 4) is 0 Å². The number of primary sulfonamides is 1. The summed E-state index contributed by atoms with van der Waals surface area (Å²) in [6, 6.07) is 4.41. The molecule has 6 heteroatoms. The lowest BCUT2D eigenvalue weighted by Gasteiger charge is -2.35. The lowest BCUT2D eigenvalue weighted by Crippen LogP contribution is -2.42. The zero-order valence-corrected chi connectivity index (χ0v) is 13.5. The van der Waals surface area contributed by atoms with E-state index in [9.17, 15) is 13.2 Å². The van der Waals surface area contributed by atoms with E-state index in [1.54, 1.807) is 13.0 Å². The van der Waals surface area contributed by atoms with Crippen molar-refractivity contribution in [2.24, 2.45) is 17.0 Å². The molecule has 116 valence electrons. The van der Waals surface area contributed by atoms with Crippen LogP contribution in [0.3, 0.4) is 0 Å². The number of hydrogen-bond acceptors (Lipinski definition) is 3. The van der Waals surface area contributed by atoms with E-state index in [1.807, 2.05) is 4.90 Å². The Kier molecular flexibility index (Phi) is 4.39.